The number of benzene rings is 1. The smallest absolute Gasteiger partial charge is 0.242 e. The third-order valence-electron chi connectivity index (χ3n) is 3.69. The molecular weight excluding hydrogens is 304 g/mol. The average Bonchev–Trinajstić information content (AvgIpc) is 2.50. The maximum atomic E-state index is 12.3. The highest BCUT2D eigenvalue weighted by atomic mass is 16.3. The molecule has 5 heteroatoms. The zero-order chi connectivity index (χ0) is 18.1. The number of carbonyl (C=O) groups excluding carboxylic acids is 2. The van der Waals surface area contributed by atoms with Crippen molar-refractivity contribution in [2.45, 2.75) is 52.7 Å². The molecule has 0 saturated heterocycles. The Hall–Kier alpha value is -1.88. The zero-order valence-electron chi connectivity index (χ0n) is 15.1. The minimum atomic E-state index is -0.657. The molecule has 0 saturated carbocycles. The molecular formula is C19H30N2O3. The van der Waals surface area contributed by atoms with Crippen LogP contribution in [0.3, 0.4) is 0 Å². The van der Waals surface area contributed by atoms with Crippen LogP contribution < -0.4 is 10.6 Å². The van der Waals surface area contributed by atoms with Gasteiger partial charge in [0.05, 0.1) is 6.10 Å². The van der Waals surface area contributed by atoms with Crippen LogP contribution in [0.5, 0.6) is 0 Å². The summed E-state index contributed by atoms with van der Waals surface area (Å²) in [6, 6.07) is 9.05. The highest BCUT2D eigenvalue weighted by molar-refractivity contribution is 5.87. The Labute approximate surface area is 144 Å². The number of aliphatic hydroxyl groups excluding tert-OH is 1. The van der Waals surface area contributed by atoms with Crippen molar-refractivity contribution in [1.29, 1.82) is 0 Å². The van der Waals surface area contributed by atoms with Crippen molar-refractivity contribution in [1.82, 2.24) is 10.6 Å². The van der Waals surface area contributed by atoms with Gasteiger partial charge in [-0.25, -0.2) is 0 Å². The molecule has 3 N–H and O–H groups in total. The van der Waals surface area contributed by atoms with E-state index in [9.17, 15) is 14.7 Å². The van der Waals surface area contributed by atoms with Crippen LogP contribution in [-0.2, 0) is 16.0 Å². The molecule has 0 bridgehead atoms. The van der Waals surface area contributed by atoms with E-state index >= 15 is 0 Å². The Bertz CT molecular complexity index is 515. The minimum Gasteiger partial charge on any atom is -0.391 e. The van der Waals surface area contributed by atoms with Gasteiger partial charge in [0, 0.05) is 19.4 Å². The first-order valence-corrected chi connectivity index (χ1v) is 8.58. The molecule has 0 heterocycles. The Morgan fingerprint density at radius 3 is 2.25 bits per heavy atom. The van der Waals surface area contributed by atoms with E-state index < -0.39 is 12.1 Å². The summed E-state index contributed by atoms with van der Waals surface area (Å²) in [6.45, 7) is 7.87. The fourth-order valence-electron chi connectivity index (χ4n) is 2.42. The number of hydrogen-bond donors (Lipinski definition) is 3. The first kappa shape index (κ1) is 20.2. The van der Waals surface area contributed by atoms with Crippen LogP contribution >= 0.6 is 0 Å². The van der Waals surface area contributed by atoms with Crippen molar-refractivity contribution in [3.63, 3.8) is 0 Å². The molecule has 0 aliphatic heterocycles. The molecule has 24 heavy (non-hydrogen) atoms. The summed E-state index contributed by atoms with van der Waals surface area (Å²) in [7, 11) is 0. The molecule has 2 amide bonds. The average molecular weight is 334 g/mol. The number of amides is 2. The van der Waals surface area contributed by atoms with E-state index in [1.54, 1.807) is 0 Å². The van der Waals surface area contributed by atoms with Gasteiger partial charge in [0.15, 0.2) is 0 Å². The lowest BCUT2D eigenvalue weighted by Crippen LogP contribution is -2.51. The maximum absolute atomic E-state index is 12.3. The van der Waals surface area contributed by atoms with Gasteiger partial charge >= 0.3 is 0 Å². The van der Waals surface area contributed by atoms with Gasteiger partial charge in [-0.2, -0.15) is 0 Å². The van der Waals surface area contributed by atoms with E-state index in [4.69, 9.17) is 0 Å². The van der Waals surface area contributed by atoms with Crippen LogP contribution in [-0.4, -0.2) is 35.6 Å². The summed E-state index contributed by atoms with van der Waals surface area (Å²) in [5, 5.41) is 15.6. The quantitative estimate of drug-likeness (QED) is 0.645. The van der Waals surface area contributed by atoms with E-state index in [1.165, 1.54) is 0 Å². The summed E-state index contributed by atoms with van der Waals surface area (Å²) in [6.07, 6.45) is 0.218. The van der Waals surface area contributed by atoms with Crippen LogP contribution in [0, 0.1) is 11.8 Å². The summed E-state index contributed by atoms with van der Waals surface area (Å²) in [5.74, 6) is -0.154. The number of nitrogens with one attached hydrogen (secondary N) is 2. The highest BCUT2D eigenvalue weighted by Crippen LogP contribution is 2.06. The fourth-order valence-corrected chi connectivity index (χ4v) is 2.42. The van der Waals surface area contributed by atoms with E-state index in [2.05, 4.69) is 10.6 Å². The monoisotopic (exact) mass is 334 g/mol. The second-order valence-corrected chi connectivity index (χ2v) is 6.98. The number of carbonyl (C=O) groups is 2. The van der Waals surface area contributed by atoms with E-state index in [1.807, 2.05) is 58.0 Å². The van der Waals surface area contributed by atoms with Crippen molar-refractivity contribution in [3.8, 4) is 0 Å². The molecule has 0 aliphatic carbocycles. The maximum Gasteiger partial charge on any atom is 0.242 e. The van der Waals surface area contributed by atoms with Gasteiger partial charge in [-0.3, -0.25) is 9.59 Å². The third kappa shape index (κ3) is 7.59. The van der Waals surface area contributed by atoms with Crippen molar-refractivity contribution in [3.05, 3.63) is 35.9 Å². The molecule has 0 radical (unpaired) electrons. The van der Waals surface area contributed by atoms with E-state index in [0.29, 0.717) is 12.8 Å². The molecule has 5 nitrogen and oxygen atoms in total. The topological polar surface area (TPSA) is 78.4 Å². The Morgan fingerprint density at radius 2 is 1.71 bits per heavy atom. The van der Waals surface area contributed by atoms with Crippen molar-refractivity contribution in [2.75, 3.05) is 6.54 Å². The highest BCUT2D eigenvalue weighted by Gasteiger charge is 2.24. The number of aliphatic hydroxyl groups is 1. The van der Waals surface area contributed by atoms with E-state index in [-0.39, 0.29) is 30.2 Å². The summed E-state index contributed by atoms with van der Waals surface area (Å²) >= 11 is 0. The van der Waals surface area contributed by atoms with Crippen molar-refractivity contribution >= 4 is 11.8 Å². The predicted octanol–water partition coefficient (Wildman–Crippen LogP) is 1.89. The standard InChI is InChI=1S/C19H30N2O3/c1-13(2)10-17(23)21-18(14(3)4)19(24)20-12-16(22)11-15-8-6-5-7-9-15/h5-9,13-14,16,18,22H,10-12H2,1-4H3,(H,20,24)(H,21,23)/t16-,18-/m0/s1. The summed E-state index contributed by atoms with van der Waals surface area (Å²) < 4.78 is 0. The lowest BCUT2D eigenvalue weighted by atomic mass is 10.0. The molecule has 1 rings (SSSR count). The molecule has 1 aromatic carbocycles. The Morgan fingerprint density at radius 1 is 1.08 bits per heavy atom. The molecule has 1 aromatic rings. The third-order valence-corrected chi connectivity index (χ3v) is 3.69. The van der Waals surface area contributed by atoms with Crippen molar-refractivity contribution < 1.29 is 14.7 Å². The molecule has 0 fully saturated rings. The molecule has 2 atom stereocenters. The Balaban J connectivity index is 2.48. The van der Waals surface area contributed by atoms with Gasteiger partial charge in [0.25, 0.3) is 0 Å². The predicted molar refractivity (Wildman–Crippen MR) is 95.4 cm³/mol. The summed E-state index contributed by atoms with van der Waals surface area (Å²) in [4.78, 5) is 24.2. The molecule has 0 unspecified atom stereocenters. The van der Waals surface area contributed by atoms with Crippen LogP contribution in [0.2, 0.25) is 0 Å². The fraction of sp³-hybridized carbons (Fsp3) is 0.579. The lowest BCUT2D eigenvalue weighted by molar-refractivity contribution is -0.130. The first-order chi connectivity index (χ1) is 11.3. The van der Waals surface area contributed by atoms with Gasteiger partial charge < -0.3 is 15.7 Å². The number of rotatable bonds is 9. The number of hydrogen-bond acceptors (Lipinski definition) is 3. The van der Waals surface area contributed by atoms with Crippen LogP contribution in [0.1, 0.15) is 39.7 Å². The first-order valence-electron chi connectivity index (χ1n) is 8.58. The Kier molecular flexibility index (Phi) is 8.47. The normalized spacial score (nSPS) is 13.6. The largest absolute Gasteiger partial charge is 0.391 e. The molecule has 0 aromatic heterocycles. The zero-order valence-corrected chi connectivity index (χ0v) is 15.1. The van der Waals surface area contributed by atoms with Crippen molar-refractivity contribution in [2.24, 2.45) is 11.8 Å². The second-order valence-electron chi connectivity index (χ2n) is 6.98. The van der Waals surface area contributed by atoms with Crippen LogP contribution in [0.4, 0.5) is 0 Å². The second kappa shape index (κ2) is 10.1. The SMILES string of the molecule is CC(C)CC(=O)N[C@H](C(=O)NC[C@@H](O)Cc1ccccc1)C(C)C. The van der Waals surface area contributed by atoms with Crippen LogP contribution in [0.15, 0.2) is 30.3 Å². The minimum absolute atomic E-state index is 0.0209. The van der Waals surface area contributed by atoms with Crippen LogP contribution in [0.25, 0.3) is 0 Å². The van der Waals surface area contributed by atoms with Gasteiger partial charge in [0.1, 0.15) is 6.04 Å². The van der Waals surface area contributed by atoms with Gasteiger partial charge in [-0.05, 0) is 17.4 Å². The molecule has 0 spiro atoms. The van der Waals surface area contributed by atoms with Gasteiger partial charge in [-0.15, -0.1) is 0 Å². The summed E-state index contributed by atoms with van der Waals surface area (Å²) in [5.41, 5.74) is 1.02. The lowest BCUT2D eigenvalue weighted by Gasteiger charge is -2.23. The van der Waals surface area contributed by atoms with Gasteiger partial charge in [-0.1, -0.05) is 58.0 Å². The van der Waals surface area contributed by atoms with E-state index in [0.717, 1.165) is 5.56 Å². The van der Waals surface area contributed by atoms with Gasteiger partial charge in [0.2, 0.25) is 11.8 Å². The molecule has 134 valence electrons. The molecule has 0 aliphatic rings.